The van der Waals surface area contributed by atoms with Gasteiger partial charge in [-0.2, -0.15) is 0 Å². The van der Waals surface area contributed by atoms with Crippen LogP contribution in [0.15, 0.2) is 0 Å². The number of rotatable bonds is 10. The van der Waals surface area contributed by atoms with E-state index >= 15 is 0 Å². The summed E-state index contributed by atoms with van der Waals surface area (Å²) in [5.74, 6) is 0.977. The van der Waals surface area contributed by atoms with Crippen LogP contribution in [0, 0.1) is 11.8 Å². The predicted molar refractivity (Wildman–Crippen MR) is 90.1 cm³/mol. The van der Waals surface area contributed by atoms with Crippen LogP contribution in [0.4, 0.5) is 0 Å². The van der Waals surface area contributed by atoms with Crippen LogP contribution < -0.4 is 11.1 Å². The Morgan fingerprint density at radius 1 is 1.00 bits per heavy atom. The van der Waals surface area contributed by atoms with E-state index in [1.165, 1.54) is 44.9 Å². The van der Waals surface area contributed by atoms with Crippen molar-refractivity contribution in [1.29, 1.82) is 0 Å². The molecule has 0 aromatic carbocycles. The molecule has 0 bridgehead atoms. The Labute approximate surface area is 131 Å². The molecular weight excluding hydrogens is 260 g/mol. The van der Waals surface area contributed by atoms with Crippen LogP contribution in [0.1, 0.15) is 84.5 Å². The molecule has 3 heteroatoms. The lowest BCUT2D eigenvalue weighted by Gasteiger charge is -2.30. The van der Waals surface area contributed by atoms with Gasteiger partial charge in [-0.1, -0.05) is 58.8 Å². The van der Waals surface area contributed by atoms with Gasteiger partial charge in [-0.05, 0) is 31.6 Å². The van der Waals surface area contributed by atoms with Crippen molar-refractivity contribution in [1.82, 2.24) is 5.32 Å². The van der Waals surface area contributed by atoms with E-state index in [1.807, 2.05) is 0 Å². The Bertz CT molecular complexity index is 270. The molecule has 3 nitrogen and oxygen atoms in total. The molecule has 0 heterocycles. The van der Waals surface area contributed by atoms with Crippen molar-refractivity contribution in [2.75, 3.05) is 6.54 Å². The number of carbonyl (C=O) groups is 1. The Morgan fingerprint density at radius 3 is 2.24 bits per heavy atom. The minimum atomic E-state index is 0.151. The first-order valence-corrected chi connectivity index (χ1v) is 9.16. The summed E-state index contributed by atoms with van der Waals surface area (Å²) < 4.78 is 0. The summed E-state index contributed by atoms with van der Waals surface area (Å²) in [6.45, 7) is 5.30. The van der Waals surface area contributed by atoms with E-state index in [4.69, 9.17) is 5.73 Å². The molecule has 1 fully saturated rings. The third-order valence-corrected chi connectivity index (χ3v) is 4.68. The van der Waals surface area contributed by atoms with E-state index < -0.39 is 0 Å². The molecule has 0 saturated heterocycles. The molecule has 1 aliphatic rings. The van der Waals surface area contributed by atoms with Gasteiger partial charge in [0.2, 0.25) is 5.91 Å². The van der Waals surface area contributed by atoms with E-state index in [9.17, 15) is 4.79 Å². The summed E-state index contributed by atoms with van der Waals surface area (Å²) in [4.78, 5) is 12.1. The zero-order chi connectivity index (χ0) is 15.5. The average molecular weight is 296 g/mol. The average Bonchev–Trinajstić information content (AvgIpc) is 2.44. The summed E-state index contributed by atoms with van der Waals surface area (Å²) in [5.41, 5.74) is 6.02. The number of hydrogen-bond donors (Lipinski definition) is 2. The van der Waals surface area contributed by atoms with Crippen LogP contribution in [0.2, 0.25) is 0 Å². The first kappa shape index (κ1) is 18.5. The van der Waals surface area contributed by atoms with Gasteiger partial charge >= 0.3 is 0 Å². The van der Waals surface area contributed by atoms with Crippen molar-refractivity contribution in [2.24, 2.45) is 17.6 Å². The monoisotopic (exact) mass is 296 g/mol. The first-order valence-electron chi connectivity index (χ1n) is 9.16. The zero-order valence-corrected chi connectivity index (χ0v) is 14.2. The molecular formula is C18H36N2O. The van der Waals surface area contributed by atoms with Gasteiger partial charge in [0.1, 0.15) is 0 Å². The maximum Gasteiger partial charge on any atom is 0.223 e. The lowest BCUT2D eigenvalue weighted by Crippen LogP contribution is -2.40. The molecule has 0 spiro atoms. The fraction of sp³-hybridized carbons (Fsp3) is 0.944. The van der Waals surface area contributed by atoms with E-state index in [0.29, 0.717) is 5.92 Å². The van der Waals surface area contributed by atoms with Crippen molar-refractivity contribution >= 4 is 5.91 Å². The Kier molecular flexibility index (Phi) is 9.73. The Hall–Kier alpha value is -0.570. The van der Waals surface area contributed by atoms with Gasteiger partial charge in [0.05, 0.1) is 0 Å². The van der Waals surface area contributed by atoms with Crippen LogP contribution in [-0.4, -0.2) is 18.5 Å². The van der Waals surface area contributed by atoms with Gasteiger partial charge < -0.3 is 11.1 Å². The van der Waals surface area contributed by atoms with Crippen LogP contribution in [0.3, 0.4) is 0 Å². The predicted octanol–water partition coefficient (Wildman–Crippen LogP) is 4.01. The Balaban J connectivity index is 1.98. The molecule has 0 radical (unpaired) electrons. The minimum Gasteiger partial charge on any atom is -0.356 e. The van der Waals surface area contributed by atoms with Gasteiger partial charge in [0.25, 0.3) is 0 Å². The zero-order valence-electron chi connectivity index (χ0n) is 14.2. The lowest BCUT2D eigenvalue weighted by atomic mass is 9.79. The lowest BCUT2D eigenvalue weighted by molar-refractivity contribution is -0.126. The highest BCUT2D eigenvalue weighted by molar-refractivity contribution is 5.78. The number of amides is 1. The van der Waals surface area contributed by atoms with Gasteiger partial charge in [-0.3, -0.25) is 4.79 Å². The molecule has 1 saturated carbocycles. The van der Waals surface area contributed by atoms with Gasteiger partial charge in [-0.15, -0.1) is 0 Å². The van der Waals surface area contributed by atoms with E-state index in [0.717, 1.165) is 32.2 Å². The van der Waals surface area contributed by atoms with Crippen molar-refractivity contribution < 1.29 is 4.79 Å². The molecule has 3 atom stereocenters. The second kappa shape index (κ2) is 11.1. The number of hydrogen-bond acceptors (Lipinski definition) is 2. The highest BCUT2D eigenvalue weighted by Crippen LogP contribution is 2.28. The standard InChI is InChI=1S/C18H36N2O/c1-3-4-5-6-7-8-9-10-11-20-18(21)16-12-15(2)13-17(19)14-16/h15-17H,3-14,19H2,1-2H3,(H,20,21). The second-order valence-corrected chi connectivity index (χ2v) is 7.04. The van der Waals surface area contributed by atoms with E-state index in [-0.39, 0.29) is 17.9 Å². The molecule has 0 aromatic heterocycles. The summed E-state index contributed by atoms with van der Waals surface area (Å²) in [5, 5.41) is 3.11. The summed E-state index contributed by atoms with van der Waals surface area (Å²) in [6, 6.07) is 0.215. The molecule has 21 heavy (non-hydrogen) atoms. The topological polar surface area (TPSA) is 55.1 Å². The molecule has 3 N–H and O–H groups in total. The quantitative estimate of drug-likeness (QED) is 0.599. The second-order valence-electron chi connectivity index (χ2n) is 7.04. The maximum atomic E-state index is 12.1. The van der Waals surface area contributed by atoms with Crippen LogP contribution in [0.25, 0.3) is 0 Å². The SMILES string of the molecule is CCCCCCCCCCNC(=O)C1CC(C)CC(N)C1. The fourth-order valence-electron chi connectivity index (χ4n) is 3.49. The van der Waals surface area contributed by atoms with Crippen molar-refractivity contribution in [3.8, 4) is 0 Å². The van der Waals surface area contributed by atoms with Gasteiger partial charge in [0, 0.05) is 18.5 Å². The van der Waals surface area contributed by atoms with Crippen molar-refractivity contribution in [3.05, 3.63) is 0 Å². The normalized spacial score (nSPS) is 25.8. The number of unbranched alkanes of at least 4 members (excludes halogenated alkanes) is 7. The maximum absolute atomic E-state index is 12.1. The summed E-state index contributed by atoms with van der Waals surface area (Å²) in [7, 11) is 0. The van der Waals surface area contributed by atoms with Gasteiger partial charge in [-0.25, -0.2) is 0 Å². The van der Waals surface area contributed by atoms with Crippen LogP contribution in [-0.2, 0) is 4.79 Å². The van der Waals surface area contributed by atoms with Crippen molar-refractivity contribution in [3.63, 3.8) is 0 Å². The smallest absolute Gasteiger partial charge is 0.223 e. The Morgan fingerprint density at radius 2 is 1.62 bits per heavy atom. The molecule has 1 amide bonds. The van der Waals surface area contributed by atoms with Gasteiger partial charge in [0.15, 0.2) is 0 Å². The molecule has 1 aliphatic carbocycles. The van der Waals surface area contributed by atoms with Crippen molar-refractivity contribution in [2.45, 2.75) is 90.5 Å². The molecule has 124 valence electrons. The highest BCUT2D eigenvalue weighted by atomic mass is 16.1. The molecule has 0 aromatic rings. The van der Waals surface area contributed by atoms with E-state index in [1.54, 1.807) is 0 Å². The summed E-state index contributed by atoms with van der Waals surface area (Å²) in [6.07, 6.45) is 13.4. The molecule has 1 rings (SSSR count). The third kappa shape index (κ3) is 8.45. The van der Waals surface area contributed by atoms with Crippen LogP contribution >= 0.6 is 0 Å². The molecule has 0 aliphatic heterocycles. The highest BCUT2D eigenvalue weighted by Gasteiger charge is 2.28. The fourth-order valence-corrected chi connectivity index (χ4v) is 3.49. The third-order valence-electron chi connectivity index (χ3n) is 4.68. The van der Waals surface area contributed by atoms with E-state index in [2.05, 4.69) is 19.2 Å². The molecule has 3 unspecified atom stereocenters. The number of nitrogens with two attached hydrogens (primary N) is 1. The van der Waals surface area contributed by atoms with Crippen LogP contribution in [0.5, 0.6) is 0 Å². The minimum absolute atomic E-state index is 0.151. The summed E-state index contributed by atoms with van der Waals surface area (Å²) >= 11 is 0. The largest absolute Gasteiger partial charge is 0.356 e. The number of nitrogens with one attached hydrogen (secondary N) is 1. The first-order chi connectivity index (χ1) is 10.1. The number of carbonyl (C=O) groups excluding carboxylic acids is 1.